The Balaban J connectivity index is 1.38. The van der Waals surface area contributed by atoms with Gasteiger partial charge in [0.05, 0.1) is 13.0 Å². The van der Waals surface area contributed by atoms with Crippen LogP contribution in [0, 0.1) is 23.2 Å². The Hall–Kier alpha value is -1.81. The first-order chi connectivity index (χ1) is 13.0. The first kappa shape index (κ1) is 18.5. The van der Waals surface area contributed by atoms with Crippen molar-refractivity contribution in [3.05, 3.63) is 42.0 Å². The molecule has 3 aliphatic rings. The highest BCUT2D eigenvalue weighted by atomic mass is 16.6. The zero-order valence-corrected chi connectivity index (χ0v) is 16.5. The van der Waals surface area contributed by atoms with Crippen LogP contribution in [0.3, 0.4) is 0 Å². The highest BCUT2D eigenvalue weighted by molar-refractivity contribution is 5.75. The average Bonchev–Trinajstić information content (AvgIpc) is 2.95. The van der Waals surface area contributed by atoms with Gasteiger partial charge in [0.2, 0.25) is 0 Å². The molecule has 1 aliphatic heterocycles. The molecular formula is C23H31NO3. The van der Waals surface area contributed by atoms with Crippen molar-refractivity contribution in [1.29, 1.82) is 0 Å². The second-order valence-corrected chi connectivity index (χ2v) is 8.88. The van der Waals surface area contributed by atoms with E-state index in [9.17, 15) is 4.79 Å². The lowest BCUT2D eigenvalue weighted by Gasteiger charge is -2.50. The molecule has 0 bridgehead atoms. The lowest BCUT2D eigenvalue weighted by atomic mass is 9.55. The molecule has 1 heterocycles. The van der Waals surface area contributed by atoms with Crippen molar-refractivity contribution in [2.45, 2.75) is 51.7 Å². The van der Waals surface area contributed by atoms with Crippen LogP contribution in [0.2, 0.25) is 0 Å². The van der Waals surface area contributed by atoms with Crippen LogP contribution in [0.5, 0.6) is 5.75 Å². The van der Waals surface area contributed by atoms with Gasteiger partial charge in [0.25, 0.3) is 0 Å². The van der Waals surface area contributed by atoms with Gasteiger partial charge < -0.3 is 14.8 Å². The van der Waals surface area contributed by atoms with Crippen molar-refractivity contribution < 1.29 is 14.3 Å². The summed E-state index contributed by atoms with van der Waals surface area (Å²) in [7, 11) is 1.67. The van der Waals surface area contributed by atoms with Gasteiger partial charge in [0, 0.05) is 19.0 Å². The summed E-state index contributed by atoms with van der Waals surface area (Å²) in [5.41, 5.74) is 2.85. The topological polar surface area (TPSA) is 47.6 Å². The average molecular weight is 370 g/mol. The Labute approximate surface area is 162 Å². The largest absolute Gasteiger partial charge is 0.497 e. The molecule has 146 valence electrons. The number of hydrogen-bond donors (Lipinski definition) is 1. The van der Waals surface area contributed by atoms with Gasteiger partial charge >= 0.3 is 5.97 Å². The summed E-state index contributed by atoms with van der Waals surface area (Å²) in [6, 6.07) is 8.04. The van der Waals surface area contributed by atoms with E-state index < -0.39 is 0 Å². The van der Waals surface area contributed by atoms with Gasteiger partial charge in [-0.2, -0.15) is 0 Å². The van der Waals surface area contributed by atoms with E-state index in [0.717, 1.165) is 31.6 Å². The molecule has 0 amide bonds. The molecule has 27 heavy (non-hydrogen) atoms. The van der Waals surface area contributed by atoms with Gasteiger partial charge in [-0.3, -0.25) is 4.79 Å². The van der Waals surface area contributed by atoms with E-state index in [2.05, 4.69) is 31.0 Å². The third-order valence-corrected chi connectivity index (χ3v) is 7.17. The van der Waals surface area contributed by atoms with Crippen molar-refractivity contribution in [2.75, 3.05) is 13.7 Å². The minimum Gasteiger partial charge on any atom is -0.497 e. The molecule has 1 aromatic rings. The van der Waals surface area contributed by atoms with Crippen molar-refractivity contribution in [3.8, 4) is 5.75 Å². The molecule has 0 radical (unpaired) electrons. The number of nitrogens with one attached hydrogen (secondary N) is 1. The fourth-order valence-corrected chi connectivity index (χ4v) is 5.60. The fraction of sp³-hybridized carbons (Fsp3) is 0.609. The summed E-state index contributed by atoms with van der Waals surface area (Å²) in [4.78, 5) is 12.6. The highest BCUT2D eigenvalue weighted by Crippen LogP contribution is 2.56. The zero-order valence-electron chi connectivity index (χ0n) is 16.5. The second kappa shape index (κ2) is 7.31. The summed E-state index contributed by atoms with van der Waals surface area (Å²) >= 11 is 0. The third-order valence-electron chi connectivity index (χ3n) is 7.17. The number of hydrogen-bond acceptors (Lipinski definition) is 4. The summed E-state index contributed by atoms with van der Waals surface area (Å²) < 4.78 is 11.0. The summed E-state index contributed by atoms with van der Waals surface area (Å²) in [6.45, 7) is 8.17. The van der Waals surface area contributed by atoms with Crippen molar-refractivity contribution in [2.24, 2.45) is 23.2 Å². The Morgan fingerprint density at radius 1 is 1.33 bits per heavy atom. The molecule has 4 rings (SSSR count). The minimum absolute atomic E-state index is 0.0138. The van der Waals surface area contributed by atoms with E-state index in [1.54, 1.807) is 7.11 Å². The quantitative estimate of drug-likeness (QED) is 0.627. The predicted octanol–water partition coefficient (Wildman–Crippen LogP) is 4.10. The molecule has 2 saturated carbocycles. The molecule has 0 spiro atoms. The number of esters is 1. The maximum absolute atomic E-state index is 12.6. The van der Waals surface area contributed by atoms with Crippen LogP contribution < -0.4 is 10.1 Å². The van der Waals surface area contributed by atoms with E-state index in [1.807, 2.05) is 12.1 Å². The van der Waals surface area contributed by atoms with Gasteiger partial charge in [0.15, 0.2) is 0 Å². The molecular weight excluding hydrogens is 338 g/mol. The van der Waals surface area contributed by atoms with Gasteiger partial charge in [-0.05, 0) is 61.1 Å². The van der Waals surface area contributed by atoms with Crippen molar-refractivity contribution in [1.82, 2.24) is 5.32 Å². The minimum atomic E-state index is -0.0347. The van der Waals surface area contributed by atoms with Crippen LogP contribution in [-0.4, -0.2) is 25.7 Å². The number of ether oxygens (including phenoxy) is 2. The number of fused-ring (bicyclic) bond motifs is 2. The standard InChI is InChI=1S/C23H31NO3/c1-15-5-4-10-23(2)12-21-18(11-20(15)23)19(22(25)27-21)14-24-13-16-6-8-17(26-3)9-7-16/h6-9,18-21,24H,1,4-5,10-14H2,2-3H3/t18-,19-,20-,21+,23+/m0/s1. The molecule has 4 heteroatoms. The summed E-state index contributed by atoms with van der Waals surface area (Å²) in [5, 5.41) is 3.47. The van der Waals surface area contributed by atoms with E-state index in [1.165, 1.54) is 24.0 Å². The van der Waals surface area contributed by atoms with E-state index in [4.69, 9.17) is 9.47 Å². The van der Waals surface area contributed by atoms with Gasteiger partial charge in [-0.1, -0.05) is 31.2 Å². The summed E-state index contributed by atoms with van der Waals surface area (Å²) in [5.74, 6) is 1.69. The number of carbonyl (C=O) groups is 1. The lowest BCUT2D eigenvalue weighted by Crippen LogP contribution is -2.45. The maximum Gasteiger partial charge on any atom is 0.310 e. The maximum atomic E-state index is 12.6. The number of allylic oxidation sites excluding steroid dienone is 1. The van der Waals surface area contributed by atoms with Gasteiger partial charge in [-0.15, -0.1) is 0 Å². The third kappa shape index (κ3) is 3.52. The fourth-order valence-electron chi connectivity index (χ4n) is 5.60. The van der Waals surface area contributed by atoms with Gasteiger partial charge in [-0.25, -0.2) is 0 Å². The van der Waals surface area contributed by atoms with Crippen LogP contribution in [0.1, 0.15) is 44.6 Å². The highest BCUT2D eigenvalue weighted by Gasteiger charge is 2.54. The summed E-state index contributed by atoms with van der Waals surface area (Å²) in [6.07, 6.45) is 5.76. The van der Waals surface area contributed by atoms with Crippen molar-refractivity contribution >= 4 is 5.97 Å². The molecule has 3 fully saturated rings. The number of methoxy groups -OCH3 is 1. The molecule has 4 nitrogen and oxygen atoms in total. The van der Waals surface area contributed by atoms with Crippen LogP contribution in [0.15, 0.2) is 36.4 Å². The van der Waals surface area contributed by atoms with Crippen LogP contribution in [0.25, 0.3) is 0 Å². The molecule has 5 atom stereocenters. The first-order valence-electron chi connectivity index (χ1n) is 10.2. The van der Waals surface area contributed by atoms with Crippen LogP contribution in [-0.2, 0) is 16.1 Å². The first-order valence-corrected chi connectivity index (χ1v) is 10.2. The predicted molar refractivity (Wildman–Crippen MR) is 105 cm³/mol. The normalized spacial score (nSPS) is 35.3. The Morgan fingerprint density at radius 2 is 2.11 bits per heavy atom. The number of rotatable bonds is 5. The molecule has 0 unspecified atom stereocenters. The Bertz CT molecular complexity index is 713. The Kier molecular flexibility index (Phi) is 5.02. The lowest BCUT2D eigenvalue weighted by molar-refractivity contribution is -0.146. The monoisotopic (exact) mass is 369 g/mol. The molecule has 1 saturated heterocycles. The molecule has 0 aromatic heterocycles. The number of carbonyl (C=O) groups excluding carboxylic acids is 1. The van der Waals surface area contributed by atoms with E-state index in [0.29, 0.717) is 18.4 Å². The van der Waals surface area contributed by atoms with Crippen LogP contribution in [0.4, 0.5) is 0 Å². The van der Waals surface area contributed by atoms with Crippen LogP contribution >= 0.6 is 0 Å². The second-order valence-electron chi connectivity index (χ2n) is 8.88. The SMILES string of the molecule is C=C1CCC[C@]2(C)C[C@H]3OC(=O)[C@@H](CNCc4ccc(OC)cc4)[C@@H]3C[C@@H]12. The van der Waals surface area contributed by atoms with E-state index in [-0.39, 0.29) is 23.4 Å². The number of benzene rings is 1. The Morgan fingerprint density at radius 3 is 2.85 bits per heavy atom. The molecule has 2 aliphatic carbocycles. The van der Waals surface area contributed by atoms with Gasteiger partial charge in [0.1, 0.15) is 11.9 Å². The van der Waals surface area contributed by atoms with E-state index >= 15 is 0 Å². The zero-order chi connectivity index (χ0) is 19.0. The molecule has 1 N–H and O–H groups in total. The van der Waals surface area contributed by atoms with Crippen molar-refractivity contribution in [3.63, 3.8) is 0 Å². The molecule has 1 aromatic carbocycles. The smallest absolute Gasteiger partial charge is 0.310 e.